The molecule has 0 bridgehead atoms. The van der Waals surface area contributed by atoms with Crippen LogP contribution in [0.1, 0.15) is 5.56 Å². The molecule has 4 nitrogen and oxygen atoms in total. The molecular weight excluding hydrogens is 276 g/mol. The fraction of sp³-hybridized carbons (Fsp3) is 0.0667. The molecule has 106 valence electrons. The van der Waals surface area contributed by atoms with Crippen molar-refractivity contribution < 1.29 is 13.3 Å². The molecule has 0 aliphatic carbocycles. The molecule has 0 unspecified atom stereocenters. The first-order chi connectivity index (χ1) is 10.0. The molecule has 1 heterocycles. The van der Waals surface area contributed by atoms with Crippen molar-refractivity contribution >= 4 is 5.69 Å². The number of nitrogens with two attached hydrogens (primary N) is 1. The zero-order chi connectivity index (χ0) is 15.0. The Bertz CT molecular complexity index is 748. The third-order valence-corrected chi connectivity index (χ3v) is 3.08. The molecule has 0 aliphatic rings. The van der Waals surface area contributed by atoms with Crippen molar-refractivity contribution in [1.82, 2.24) is 10.1 Å². The Balaban J connectivity index is 2.03. The number of nitrogens with zero attached hydrogens (tertiary/aromatic N) is 2. The molecule has 0 amide bonds. The standard InChI is InChI=1S/C15H11F2N3O/c1-8-6-9(16)2-4-11(8)14-19-15(21-20-14)12-5-3-10(18)7-13(12)17/h2-7H,18H2,1H3. The number of aromatic nitrogens is 2. The van der Waals surface area contributed by atoms with Crippen LogP contribution < -0.4 is 5.73 Å². The second-order valence-electron chi connectivity index (χ2n) is 4.62. The van der Waals surface area contributed by atoms with Crippen LogP contribution in [0.5, 0.6) is 0 Å². The predicted molar refractivity (Wildman–Crippen MR) is 74.2 cm³/mol. The van der Waals surface area contributed by atoms with Crippen molar-refractivity contribution in [3.8, 4) is 22.8 Å². The summed E-state index contributed by atoms with van der Waals surface area (Å²) < 4.78 is 32.0. The van der Waals surface area contributed by atoms with E-state index in [1.807, 2.05) is 0 Å². The smallest absolute Gasteiger partial charge is 0.261 e. The first-order valence-corrected chi connectivity index (χ1v) is 6.20. The van der Waals surface area contributed by atoms with E-state index < -0.39 is 5.82 Å². The highest BCUT2D eigenvalue weighted by Crippen LogP contribution is 2.27. The van der Waals surface area contributed by atoms with Crippen LogP contribution in [0.4, 0.5) is 14.5 Å². The fourth-order valence-corrected chi connectivity index (χ4v) is 2.03. The first kappa shape index (κ1) is 13.2. The molecule has 21 heavy (non-hydrogen) atoms. The number of benzene rings is 2. The molecule has 0 aliphatic heterocycles. The van der Waals surface area contributed by atoms with Crippen LogP contribution in [0, 0.1) is 18.6 Å². The molecule has 0 atom stereocenters. The van der Waals surface area contributed by atoms with Gasteiger partial charge in [-0.3, -0.25) is 0 Å². The lowest BCUT2D eigenvalue weighted by Gasteiger charge is -2.00. The van der Waals surface area contributed by atoms with E-state index in [-0.39, 0.29) is 23.1 Å². The van der Waals surface area contributed by atoms with Crippen molar-refractivity contribution in [2.45, 2.75) is 6.92 Å². The van der Waals surface area contributed by atoms with Crippen LogP contribution >= 0.6 is 0 Å². The lowest BCUT2D eigenvalue weighted by Crippen LogP contribution is -1.90. The van der Waals surface area contributed by atoms with Gasteiger partial charge < -0.3 is 10.3 Å². The van der Waals surface area contributed by atoms with Gasteiger partial charge >= 0.3 is 0 Å². The van der Waals surface area contributed by atoms with E-state index in [4.69, 9.17) is 10.3 Å². The average molecular weight is 287 g/mol. The molecule has 2 N–H and O–H groups in total. The maximum absolute atomic E-state index is 13.8. The summed E-state index contributed by atoms with van der Waals surface area (Å²) in [6.45, 7) is 1.73. The summed E-state index contributed by atoms with van der Waals surface area (Å²) in [7, 11) is 0. The van der Waals surface area contributed by atoms with Crippen molar-refractivity contribution in [3.05, 3.63) is 53.6 Å². The monoisotopic (exact) mass is 287 g/mol. The Kier molecular flexibility index (Phi) is 3.13. The van der Waals surface area contributed by atoms with Crippen LogP contribution in [0.2, 0.25) is 0 Å². The minimum atomic E-state index is -0.541. The highest BCUT2D eigenvalue weighted by atomic mass is 19.1. The van der Waals surface area contributed by atoms with Crippen LogP contribution in [0.15, 0.2) is 40.9 Å². The zero-order valence-corrected chi connectivity index (χ0v) is 11.1. The molecule has 0 radical (unpaired) electrons. The van der Waals surface area contributed by atoms with Gasteiger partial charge in [0.05, 0.1) is 5.56 Å². The molecule has 0 fully saturated rings. The van der Waals surface area contributed by atoms with E-state index in [9.17, 15) is 8.78 Å². The van der Waals surface area contributed by atoms with Gasteiger partial charge in [-0.25, -0.2) is 8.78 Å². The summed E-state index contributed by atoms with van der Waals surface area (Å²) in [6.07, 6.45) is 0. The number of nitrogen functional groups attached to an aromatic ring is 1. The van der Waals surface area contributed by atoms with E-state index in [1.165, 1.54) is 24.3 Å². The summed E-state index contributed by atoms with van der Waals surface area (Å²) in [5, 5.41) is 3.81. The lowest BCUT2D eigenvalue weighted by atomic mass is 10.1. The topological polar surface area (TPSA) is 64.9 Å². The van der Waals surface area contributed by atoms with Gasteiger partial charge in [-0.1, -0.05) is 5.16 Å². The maximum atomic E-state index is 13.8. The van der Waals surface area contributed by atoms with E-state index in [0.29, 0.717) is 16.8 Å². The van der Waals surface area contributed by atoms with Crippen molar-refractivity contribution in [3.63, 3.8) is 0 Å². The van der Waals surface area contributed by atoms with Crippen LogP contribution in [0.3, 0.4) is 0 Å². The third kappa shape index (κ3) is 2.47. The van der Waals surface area contributed by atoms with Crippen LogP contribution in [-0.2, 0) is 0 Å². The first-order valence-electron chi connectivity index (χ1n) is 6.20. The number of aryl methyl sites for hydroxylation is 1. The summed E-state index contributed by atoms with van der Waals surface area (Å²) >= 11 is 0. The van der Waals surface area contributed by atoms with Gasteiger partial charge in [-0.05, 0) is 48.9 Å². The Hall–Kier alpha value is -2.76. The minimum absolute atomic E-state index is 0.0474. The molecule has 3 rings (SSSR count). The van der Waals surface area contributed by atoms with E-state index in [1.54, 1.807) is 19.1 Å². The normalized spacial score (nSPS) is 10.8. The predicted octanol–water partition coefficient (Wildman–Crippen LogP) is 3.57. The molecule has 2 aromatic carbocycles. The Morgan fingerprint density at radius 3 is 2.52 bits per heavy atom. The maximum Gasteiger partial charge on any atom is 0.261 e. The second kappa shape index (κ2) is 4.97. The molecule has 0 spiro atoms. The number of rotatable bonds is 2. The largest absolute Gasteiger partial charge is 0.399 e. The molecular formula is C15H11F2N3O. The molecule has 0 saturated heterocycles. The average Bonchev–Trinajstić information content (AvgIpc) is 2.87. The van der Waals surface area contributed by atoms with Crippen molar-refractivity contribution in [2.24, 2.45) is 0 Å². The molecule has 6 heteroatoms. The summed E-state index contributed by atoms with van der Waals surface area (Å²) in [5.74, 6) is -0.560. The SMILES string of the molecule is Cc1cc(F)ccc1-c1noc(-c2ccc(N)cc2F)n1. The summed E-state index contributed by atoms with van der Waals surface area (Å²) in [4.78, 5) is 4.15. The highest BCUT2D eigenvalue weighted by molar-refractivity contribution is 5.64. The number of anilines is 1. The Morgan fingerprint density at radius 2 is 1.81 bits per heavy atom. The van der Waals surface area contributed by atoms with Gasteiger partial charge in [0.1, 0.15) is 11.6 Å². The number of hydrogen-bond acceptors (Lipinski definition) is 4. The van der Waals surface area contributed by atoms with Crippen LogP contribution in [-0.4, -0.2) is 10.1 Å². The van der Waals surface area contributed by atoms with Gasteiger partial charge in [0, 0.05) is 11.3 Å². The minimum Gasteiger partial charge on any atom is -0.399 e. The quantitative estimate of drug-likeness (QED) is 0.732. The van der Waals surface area contributed by atoms with Gasteiger partial charge in [0.25, 0.3) is 5.89 Å². The Labute approximate surface area is 119 Å². The number of halogens is 2. The number of hydrogen-bond donors (Lipinski definition) is 1. The molecule has 1 aromatic heterocycles. The van der Waals surface area contributed by atoms with E-state index in [2.05, 4.69) is 10.1 Å². The van der Waals surface area contributed by atoms with Gasteiger partial charge in [-0.2, -0.15) is 4.98 Å². The molecule has 0 saturated carbocycles. The van der Waals surface area contributed by atoms with Gasteiger partial charge in [0.2, 0.25) is 5.82 Å². The van der Waals surface area contributed by atoms with Crippen molar-refractivity contribution in [1.29, 1.82) is 0 Å². The fourth-order valence-electron chi connectivity index (χ4n) is 2.03. The summed E-state index contributed by atoms with van der Waals surface area (Å²) in [5.41, 5.74) is 7.27. The Morgan fingerprint density at radius 1 is 1.05 bits per heavy atom. The van der Waals surface area contributed by atoms with E-state index >= 15 is 0 Å². The van der Waals surface area contributed by atoms with Gasteiger partial charge in [-0.15, -0.1) is 0 Å². The second-order valence-corrected chi connectivity index (χ2v) is 4.62. The van der Waals surface area contributed by atoms with E-state index in [0.717, 1.165) is 0 Å². The zero-order valence-electron chi connectivity index (χ0n) is 11.1. The summed E-state index contributed by atoms with van der Waals surface area (Å²) in [6, 6.07) is 8.43. The van der Waals surface area contributed by atoms with Gasteiger partial charge in [0.15, 0.2) is 0 Å². The van der Waals surface area contributed by atoms with Crippen molar-refractivity contribution in [2.75, 3.05) is 5.73 Å². The van der Waals surface area contributed by atoms with Crippen LogP contribution in [0.25, 0.3) is 22.8 Å². The highest BCUT2D eigenvalue weighted by Gasteiger charge is 2.15. The lowest BCUT2D eigenvalue weighted by molar-refractivity contribution is 0.429. The molecule has 3 aromatic rings. The third-order valence-electron chi connectivity index (χ3n) is 3.08.